The fourth-order valence-electron chi connectivity index (χ4n) is 2.04. The molecule has 2 N–H and O–H groups in total. The normalized spacial score (nSPS) is 13.2. The first-order chi connectivity index (χ1) is 9.78. The van der Waals surface area contributed by atoms with Gasteiger partial charge in [0.15, 0.2) is 9.84 Å². The Kier molecular flexibility index (Phi) is 9.44. The van der Waals surface area contributed by atoms with Crippen molar-refractivity contribution in [3.8, 4) is 0 Å². The monoisotopic (exact) mass is 321 g/mol. The molecule has 0 aromatic rings. The summed E-state index contributed by atoms with van der Waals surface area (Å²) < 4.78 is 29.1. The lowest BCUT2D eigenvalue weighted by molar-refractivity contribution is -0.160. The molecular weight excluding hydrogens is 294 g/mol. The summed E-state index contributed by atoms with van der Waals surface area (Å²) >= 11 is 0. The van der Waals surface area contributed by atoms with Crippen LogP contribution in [0, 0.1) is 0 Å². The molecule has 0 rings (SSSR count). The van der Waals surface area contributed by atoms with Gasteiger partial charge in [0, 0.05) is 6.42 Å². The van der Waals surface area contributed by atoms with Crippen LogP contribution in [-0.4, -0.2) is 37.4 Å². The second kappa shape index (κ2) is 9.89. The minimum atomic E-state index is -3.48. The van der Waals surface area contributed by atoms with Gasteiger partial charge in [0.05, 0.1) is 11.0 Å². The van der Waals surface area contributed by atoms with E-state index < -0.39 is 38.8 Å². The number of carbonyl (C=O) groups excluding carboxylic acids is 2. The molecule has 0 unspecified atom stereocenters. The average molecular weight is 321 g/mol. The molecule has 21 heavy (non-hydrogen) atoms. The summed E-state index contributed by atoms with van der Waals surface area (Å²) in [6, 6.07) is -1.31. The molecule has 6 nitrogen and oxygen atoms in total. The number of carbonyl (C=O) groups is 2. The van der Waals surface area contributed by atoms with Gasteiger partial charge in [-0.25, -0.2) is 13.2 Å². The van der Waals surface area contributed by atoms with E-state index in [9.17, 15) is 18.0 Å². The molecule has 0 heterocycles. The molecule has 1 atom stereocenters. The minimum absolute atomic E-state index is 0.111. The van der Waals surface area contributed by atoms with Crippen LogP contribution in [0.5, 0.6) is 0 Å². The van der Waals surface area contributed by atoms with Gasteiger partial charge < -0.3 is 10.5 Å². The predicted octanol–water partition coefficient (Wildman–Crippen LogP) is 1.57. The van der Waals surface area contributed by atoms with Crippen molar-refractivity contribution in [1.29, 1.82) is 0 Å². The Morgan fingerprint density at radius 3 is 2.00 bits per heavy atom. The fourth-order valence-corrected chi connectivity index (χ4v) is 4.14. The number of esters is 2. The Balaban J connectivity index is 4.68. The molecule has 0 radical (unpaired) electrons. The summed E-state index contributed by atoms with van der Waals surface area (Å²) in [5, 5.41) is -0.488. The van der Waals surface area contributed by atoms with Crippen LogP contribution in [0.4, 0.5) is 0 Å². The first-order valence-electron chi connectivity index (χ1n) is 7.50. The van der Waals surface area contributed by atoms with Gasteiger partial charge in [-0.2, -0.15) is 0 Å². The third kappa shape index (κ3) is 7.57. The Hall–Kier alpha value is -0.950. The van der Waals surface area contributed by atoms with E-state index in [1.165, 1.54) is 0 Å². The zero-order chi connectivity index (χ0) is 16.5. The maximum absolute atomic E-state index is 12.3. The summed E-state index contributed by atoms with van der Waals surface area (Å²) in [6.45, 7) is 5.60. The maximum atomic E-state index is 12.3. The summed E-state index contributed by atoms with van der Waals surface area (Å²) in [6.07, 6.45) is 3.25. The molecule has 0 fully saturated rings. The van der Waals surface area contributed by atoms with Gasteiger partial charge in [0.2, 0.25) is 0 Å². The molecule has 0 spiro atoms. The van der Waals surface area contributed by atoms with E-state index in [0.717, 1.165) is 12.8 Å². The van der Waals surface area contributed by atoms with Crippen molar-refractivity contribution in [3.05, 3.63) is 0 Å². The maximum Gasteiger partial charge on any atom is 0.331 e. The molecule has 7 heteroatoms. The molecule has 0 aliphatic carbocycles. The van der Waals surface area contributed by atoms with Crippen LogP contribution in [0.15, 0.2) is 0 Å². The lowest BCUT2D eigenvalue weighted by Gasteiger charge is -2.18. The molecule has 0 saturated carbocycles. The van der Waals surface area contributed by atoms with Crippen molar-refractivity contribution in [3.63, 3.8) is 0 Å². The highest BCUT2D eigenvalue weighted by molar-refractivity contribution is 7.92. The largest absolute Gasteiger partial charge is 0.392 e. The fraction of sp³-hybridized carbons (Fsp3) is 0.857. The molecular formula is C14H27NO5S. The van der Waals surface area contributed by atoms with E-state index in [0.29, 0.717) is 19.3 Å². The summed E-state index contributed by atoms with van der Waals surface area (Å²) in [5.41, 5.74) is 5.57. The van der Waals surface area contributed by atoms with Crippen LogP contribution >= 0.6 is 0 Å². The Labute approximate surface area is 127 Å². The van der Waals surface area contributed by atoms with Gasteiger partial charge >= 0.3 is 11.9 Å². The molecule has 0 aromatic heterocycles. The van der Waals surface area contributed by atoms with E-state index in [2.05, 4.69) is 4.74 Å². The SMILES string of the molecule is CCCC(=O)OC(=O)[C@H](N)CS(=O)(=O)C(CCC)CCC. The van der Waals surface area contributed by atoms with Gasteiger partial charge in [0.1, 0.15) is 6.04 Å². The van der Waals surface area contributed by atoms with Crippen LogP contribution < -0.4 is 5.73 Å². The van der Waals surface area contributed by atoms with Crippen molar-refractivity contribution in [1.82, 2.24) is 0 Å². The van der Waals surface area contributed by atoms with Gasteiger partial charge in [-0.15, -0.1) is 0 Å². The molecule has 0 aliphatic rings. The Bertz CT molecular complexity index is 427. The van der Waals surface area contributed by atoms with E-state index in [4.69, 9.17) is 5.73 Å². The Morgan fingerprint density at radius 2 is 1.57 bits per heavy atom. The quantitative estimate of drug-likeness (QED) is 0.484. The van der Waals surface area contributed by atoms with Crippen LogP contribution in [0.1, 0.15) is 59.3 Å². The van der Waals surface area contributed by atoms with Crippen LogP contribution in [0.3, 0.4) is 0 Å². The van der Waals surface area contributed by atoms with Crippen molar-refractivity contribution in [2.75, 3.05) is 5.75 Å². The molecule has 0 aliphatic heterocycles. The van der Waals surface area contributed by atoms with Crippen molar-refractivity contribution in [2.24, 2.45) is 5.73 Å². The summed E-state index contributed by atoms with van der Waals surface area (Å²) in [7, 11) is -3.48. The lowest BCUT2D eigenvalue weighted by atomic mass is 10.2. The van der Waals surface area contributed by atoms with Gasteiger partial charge in [-0.3, -0.25) is 4.79 Å². The first kappa shape index (κ1) is 20.1. The highest BCUT2D eigenvalue weighted by Crippen LogP contribution is 2.16. The zero-order valence-corrected chi connectivity index (χ0v) is 13.9. The van der Waals surface area contributed by atoms with E-state index >= 15 is 0 Å². The lowest BCUT2D eigenvalue weighted by Crippen LogP contribution is -2.42. The van der Waals surface area contributed by atoms with Crippen LogP contribution in [0.2, 0.25) is 0 Å². The topological polar surface area (TPSA) is 104 Å². The predicted molar refractivity (Wildman–Crippen MR) is 81.4 cm³/mol. The number of sulfone groups is 1. The Morgan fingerprint density at radius 1 is 1.05 bits per heavy atom. The standard InChI is InChI=1S/C14H27NO5S/c1-4-7-11(8-5-2)21(18,19)10-12(15)14(17)20-13(16)9-6-3/h11-12H,4-10,15H2,1-3H3/t12-/m1/s1. The molecule has 0 saturated heterocycles. The van der Waals surface area contributed by atoms with E-state index in [1.54, 1.807) is 6.92 Å². The number of rotatable bonds is 10. The average Bonchev–Trinajstić information content (AvgIpc) is 2.38. The number of hydrogen-bond acceptors (Lipinski definition) is 6. The molecule has 0 amide bonds. The third-order valence-corrected chi connectivity index (χ3v) is 5.42. The van der Waals surface area contributed by atoms with Crippen LogP contribution in [0.25, 0.3) is 0 Å². The molecule has 0 bridgehead atoms. The highest BCUT2D eigenvalue weighted by atomic mass is 32.2. The number of ether oxygens (including phenoxy) is 1. The van der Waals surface area contributed by atoms with Crippen molar-refractivity contribution < 1.29 is 22.7 Å². The smallest absolute Gasteiger partial charge is 0.331 e. The van der Waals surface area contributed by atoms with Gasteiger partial charge in [-0.1, -0.05) is 33.6 Å². The second-order valence-electron chi connectivity index (χ2n) is 5.18. The third-order valence-electron chi connectivity index (χ3n) is 3.11. The van der Waals surface area contributed by atoms with Crippen molar-refractivity contribution in [2.45, 2.75) is 70.6 Å². The number of nitrogens with two attached hydrogens (primary N) is 1. The van der Waals surface area contributed by atoms with Gasteiger partial charge in [-0.05, 0) is 19.3 Å². The molecule has 124 valence electrons. The van der Waals surface area contributed by atoms with E-state index in [-0.39, 0.29) is 6.42 Å². The molecule has 0 aromatic carbocycles. The zero-order valence-electron chi connectivity index (χ0n) is 13.1. The summed E-state index contributed by atoms with van der Waals surface area (Å²) in [4.78, 5) is 22.8. The van der Waals surface area contributed by atoms with Crippen LogP contribution in [-0.2, 0) is 24.2 Å². The van der Waals surface area contributed by atoms with Crippen molar-refractivity contribution >= 4 is 21.8 Å². The summed E-state index contributed by atoms with van der Waals surface area (Å²) in [5.74, 6) is -2.12. The highest BCUT2D eigenvalue weighted by Gasteiger charge is 2.30. The minimum Gasteiger partial charge on any atom is -0.392 e. The first-order valence-corrected chi connectivity index (χ1v) is 9.21. The van der Waals surface area contributed by atoms with E-state index in [1.807, 2.05) is 13.8 Å². The van der Waals surface area contributed by atoms with Gasteiger partial charge in [0.25, 0.3) is 0 Å². The number of hydrogen-bond donors (Lipinski definition) is 1. The second-order valence-corrected chi connectivity index (χ2v) is 7.50.